The summed E-state index contributed by atoms with van der Waals surface area (Å²) in [6.07, 6.45) is 10.0. The van der Waals surface area contributed by atoms with Crippen LogP contribution in [0.3, 0.4) is 0 Å². The monoisotopic (exact) mass is 491 g/mol. The Morgan fingerprint density at radius 3 is 2.63 bits per heavy atom. The molecule has 0 spiro atoms. The Labute approximate surface area is 212 Å². The molecule has 7 heteroatoms. The van der Waals surface area contributed by atoms with E-state index in [4.69, 9.17) is 21.7 Å². The number of allylic oxidation sites excluding steroid dienone is 1. The van der Waals surface area contributed by atoms with Gasteiger partial charge in [0, 0.05) is 47.9 Å². The van der Waals surface area contributed by atoms with Crippen molar-refractivity contribution in [1.82, 2.24) is 19.9 Å². The van der Waals surface area contributed by atoms with Gasteiger partial charge < -0.3 is 10.2 Å². The summed E-state index contributed by atoms with van der Waals surface area (Å²) in [5.41, 5.74) is 6.36. The summed E-state index contributed by atoms with van der Waals surface area (Å²) in [5.74, 6) is 1.32. The van der Waals surface area contributed by atoms with E-state index in [0.717, 1.165) is 72.9 Å². The van der Waals surface area contributed by atoms with Gasteiger partial charge in [0.1, 0.15) is 5.82 Å². The van der Waals surface area contributed by atoms with Gasteiger partial charge in [-0.15, -0.1) is 0 Å². The number of benzene rings is 1. The van der Waals surface area contributed by atoms with Crippen molar-refractivity contribution >= 4 is 29.0 Å². The summed E-state index contributed by atoms with van der Waals surface area (Å²) < 4.78 is 1.96. The molecule has 0 radical (unpaired) electrons. The third kappa shape index (κ3) is 5.22. The lowest BCUT2D eigenvalue weighted by Gasteiger charge is -2.33. The molecular weight excluding hydrogens is 458 g/mol. The number of rotatable bonds is 6. The Morgan fingerprint density at radius 2 is 1.91 bits per heavy atom. The number of halogens is 1. The predicted octanol–water partition coefficient (Wildman–Crippen LogP) is 5.89. The van der Waals surface area contributed by atoms with Crippen LogP contribution in [0.1, 0.15) is 56.3 Å². The summed E-state index contributed by atoms with van der Waals surface area (Å²) in [7, 11) is 0. The van der Waals surface area contributed by atoms with Crippen molar-refractivity contribution in [3.05, 3.63) is 58.4 Å². The lowest BCUT2D eigenvalue weighted by atomic mass is 9.95. The van der Waals surface area contributed by atoms with Crippen molar-refractivity contribution in [2.45, 2.75) is 58.8 Å². The molecule has 1 saturated heterocycles. The zero-order chi connectivity index (χ0) is 24.4. The average Bonchev–Trinajstić information content (AvgIpc) is 3.20. The van der Waals surface area contributed by atoms with Crippen LogP contribution in [0.25, 0.3) is 16.8 Å². The number of aryl methyl sites for hydroxylation is 2. The fraction of sp³-hybridized carbons (Fsp3) is 0.464. The zero-order valence-corrected chi connectivity index (χ0v) is 21.4. The second-order valence-electron chi connectivity index (χ2n) is 9.87. The second kappa shape index (κ2) is 10.4. The normalized spacial score (nSPS) is 17.0. The lowest BCUT2D eigenvalue weighted by Crippen LogP contribution is -2.41. The van der Waals surface area contributed by atoms with Crippen LogP contribution >= 0.6 is 11.6 Å². The summed E-state index contributed by atoms with van der Waals surface area (Å²) >= 11 is 6.11. The molecule has 35 heavy (non-hydrogen) atoms. The van der Waals surface area contributed by atoms with Crippen LogP contribution in [0.2, 0.25) is 5.02 Å². The van der Waals surface area contributed by atoms with E-state index in [9.17, 15) is 4.79 Å². The first kappa shape index (κ1) is 23.9. The van der Waals surface area contributed by atoms with Gasteiger partial charge in [-0.2, -0.15) is 9.61 Å². The van der Waals surface area contributed by atoms with Crippen molar-refractivity contribution in [2.24, 2.45) is 5.92 Å². The average molecular weight is 492 g/mol. The van der Waals surface area contributed by atoms with Gasteiger partial charge >= 0.3 is 0 Å². The first-order valence-electron chi connectivity index (χ1n) is 12.8. The van der Waals surface area contributed by atoms with E-state index in [1.807, 2.05) is 42.6 Å². The molecule has 184 valence electrons. The molecule has 1 N–H and O–H groups in total. The van der Waals surface area contributed by atoms with Crippen molar-refractivity contribution in [1.29, 1.82) is 0 Å². The third-order valence-corrected chi connectivity index (χ3v) is 7.58. The highest BCUT2D eigenvalue weighted by Gasteiger charge is 2.27. The fourth-order valence-electron chi connectivity index (χ4n) is 5.40. The maximum Gasteiger partial charge on any atom is 0.223 e. The highest BCUT2D eigenvalue weighted by Crippen LogP contribution is 2.32. The summed E-state index contributed by atoms with van der Waals surface area (Å²) in [6.45, 7) is 6.47. The smallest absolute Gasteiger partial charge is 0.223 e. The Balaban J connectivity index is 1.27. The lowest BCUT2D eigenvalue weighted by molar-refractivity contribution is -0.125. The molecule has 1 aromatic carbocycles. The number of piperidine rings is 1. The van der Waals surface area contributed by atoms with E-state index in [1.165, 1.54) is 31.3 Å². The molecule has 1 aliphatic heterocycles. The topological polar surface area (TPSA) is 62.5 Å². The maximum atomic E-state index is 12.8. The van der Waals surface area contributed by atoms with Crippen LogP contribution in [0.4, 0.5) is 5.82 Å². The van der Waals surface area contributed by atoms with Gasteiger partial charge in [-0.1, -0.05) is 35.4 Å². The number of hydrogen-bond donors (Lipinski definition) is 1. The largest absolute Gasteiger partial charge is 0.356 e. The second-order valence-corrected chi connectivity index (χ2v) is 10.3. The van der Waals surface area contributed by atoms with Crippen LogP contribution in [0, 0.1) is 19.8 Å². The van der Waals surface area contributed by atoms with Gasteiger partial charge in [-0.3, -0.25) is 4.79 Å². The van der Waals surface area contributed by atoms with Gasteiger partial charge in [-0.05, 0) is 76.5 Å². The number of fused-ring (bicyclic) bond motifs is 1. The molecule has 2 aliphatic rings. The molecule has 0 atom stereocenters. The molecule has 3 aromatic rings. The molecule has 2 aromatic heterocycles. The minimum Gasteiger partial charge on any atom is -0.356 e. The number of carbonyl (C=O) groups is 1. The number of nitrogens with zero attached hydrogens (tertiary/aromatic N) is 4. The first-order chi connectivity index (χ1) is 17.0. The number of nitrogens with one attached hydrogen (secondary N) is 1. The number of hydrogen-bond acceptors (Lipinski definition) is 4. The standard InChI is InChI=1S/C28H34ClN5O/c1-19-18-25(34-27(31-19)26(20(2)32-34)22-8-10-24(29)11-9-22)33-16-13-23(14-17-33)28(35)30-15-12-21-6-4-3-5-7-21/h6,8-11,18,23H,3-5,7,12-17H2,1-2H3,(H,30,35). The Hall–Kier alpha value is -2.86. The minimum atomic E-state index is 0.0778. The summed E-state index contributed by atoms with van der Waals surface area (Å²) in [6, 6.07) is 9.94. The van der Waals surface area contributed by atoms with Gasteiger partial charge in [0.25, 0.3) is 0 Å². The predicted molar refractivity (Wildman–Crippen MR) is 142 cm³/mol. The first-order valence-corrected chi connectivity index (χ1v) is 13.2. The summed E-state index contributed by atoms with van der Waals surface area (Å²) in [5, 5.41) is 8.77. The summed E-state index contributed by atoms with van der Waals surface area (Å²) in [4.78, 5) is 20.0. The Bertz CT molecular complexity index is 1240. The molecule has 0 bridgehead atoms. The van der Waals surface area contributed by atoms with Gasteiger partial charge in [0.05, 0.1) is 5.69 Å². The Morgan fingerprint density at radius 1 is 1.14 bits per heavy atom. The molecule has 1 amide bonds. The van der Waals surface area contributed by atoms with E-state index in [2.05, 4.69) is 22.4 Å². The van der Waals surface area contributed by atoms with Gasteiger partial charge in [0.15, 0.2) is 5.65 Å². The minimum absolute atomic E-state index is 0.0778. The van der Waals surface area contributed by atoms with Crippen LogP contribution in [-0.4, -0.2) is 40.1 Å². The molecule has 6 nitrogen and oxygen atoms in total. The molecule has 3 heterocycles. The molecular formula is C28H34ClN5O. The highest BCUT2D eigenvalue weighted by molar-refractivity contribution is 6.30. The van der Waals surface area contributed by atoms with E-state index in [0.29, 0.717) is 5.02 Å². The van der Waals surface area contributed by atoms with E-state index in [1.54, 1.807) is 0 Å². The Kier molecular flexibility index (Phi) is 7.09. The molecule has 0 unspecified atom stereocenters. The maximum absolute atomic E-state index is 12.8. The van der Waals surface area contributed by atoms with E-state index >= 15 is 0 Å². The molecule has 5 rings (SSSR count). The molecule has 0 saturated carbocycles. The van der Waals surface area contributed by atoms with Crippen LogP contribution in [-0.2, 0) is 4.79 Å². The van der Waals surface area contributed by atoms with Crippen molar-refractivity contribution in [3.8, 4) is 11.1 Å². The van der Waals surface area contributed by atoms with E-state index in [-0.39, 0.29) is 11.8 Å². The van der Waals surface area contributed by atoms with Crippen LogP contribution in [0.15, 0.2) is 42.0 Å². The number of amides is 1. The van der Waals surface area contributed by atoms with Crippen LogP contribution < -0.4 is 10.2 Å². The van der Waals surface area contributed by atoms with Crippen molar-refractivity contribution < 1.29 is 4.79 Å². The number of aromatic nitrogens is 3. The highest BCUT2D eigenvalue weighted by atomic mass is 35.5. The van der Waals surface area contributed by atoms with Crippen molar-refractivity contribution in [3.63, 3.8) is 0 Å². The van der Waals surface area contributed by atoms with Crippen molar-refractivity contribution in [2.75, 3.05) is 24.5 Å². The van der Waals surface area contributed by atoms with Gasteiger partial charge in [-0.25, -0.2) is 4.98 Å². The third-order valence-electron chi connectivity index (χ3n) is 7.33. The SMILES string of the molecule is Cc1cc(N2CCC(C(=O)NCCC3=CCCCC3)CC2)n2nc(C)c(-c3ccc(Cl)cc3)c2n1. The number of carbonyl (C=O) groups excluding carboxylic acids is 1. The number of anilines is 1. The fourth-order valence-corrected chi connectivity index (χ4v) is 5.52. The molecule has 1 aliphatic carbocycles. The van der Waals surface area contributed by atoms with E-state index < -0.39 is 0 Å². The quantitative estimate of drug-likeness (QED) is 0.437. The molecule has 1 fully saturated rings. The van der Waals surface area contributed by atoms with Crippen LogP contribution in [0.5, 0.6) is 0 Å². The zero-order valence-electron chi connectivity index (χ0n) is 20.7. The van der Waals surface area contributed by atoms with Gasteiger partial charge in [0.2, 0.25) is 5.91 Å².